The molecule has 0 aliphatic rings. The second-order valence-electron chi connectivity index (χ2n) is 6.15. The maximum atomic E-state index is 12.9. The lowest BCUT2D eigenvalue weighted by Crippen LogP contribution is -2.47. The van der Waals surface area contributed by atoms with Gasteiger partial charge in [0.1, 0.15) is 6.04 Å². The lowest BCUT2D eigenvalue weighted by Gasteiger charge is -2.24. The molecular weight excluding hydrogens is 407 g/mol. The first-order chi connectivity index (χ1) is 12.8. The predicted octanol–water partition coefficient (Wildman–Crippen LogP) is 3.24. The molecule has 1 heterocycles. The van der Waals surface area contributed by atoms with Crippen molar-refractivity contribution in [2.45, 2.75) is 19.0 Å². The van der Waals surface area contributed by atoms with E-state index in [0.717, 1.165) is 11.3 Å². The van der Waals surface area contributed by atoms with Gasteiger partial charge in [0.05, 0.1) is 16.8 Å². The maximum absolute atomic E-state index is 12.9. The first-order valence-electron chi connectivity index (χ1n) is 8.29. The number of hydrogen-bond acceptors (Lipinski definition) is 4. The summed E-state index contributed by atoms with van der Waals surface area (Å²) in [6.07, 6.45) is 6.05. The van der Waals surface area contributed by atoms with E-state index >= 15 is 0 Å². The molecule has 2 aromatic rings. The molecule has 1 N–H and O–H groups in total. The Morgan fingerprint density at radius 2 is 2.11 bits per heavy atom. The Labute approximate surface area is 173 Å². The molecule has 1 unspecified atom stereocenters. The average Bonchev–Trinajstić information content (AvgIpc) is 3.02. The molecule has 1 aromatic carbocycles. The maximum Gasteiger partial charge on any atom is 0.253 e. The number of aromatic nitrogens is 2. The van der Waals surface area contributed by atoms with E-state index in [0.29, 0.717) is 18.0 Å². The van der Waals surface area contributed by atoms with Crippen molar-refractivity contribution in [1.29, 1.82) is 0 Å². The molecule has 0 saturated heterocycles. The number of halogens is 2. The van der Waals surface area contributed by atoms with Crippen molar-refractivity contribution in [3.63, 3.8) is 0 Å². The van der Waals surface area contributed by atoms with Gasteiger partial charge in [0, 0.05) is 37.4 Å². The molecule has 2 amide bonds. The molecule has 146 valence electrons. The summed E-state index contributed by atoms with van der Waals surface area (Å²) in [5, 5.41) is 7.61. The Kier molecular flexibility index (Phi) is 8.01. The van der Waals surface area contributed by atoms with Crippen molar-refractivity contribution < 1.29 is 9.59 Å². The number of carbonyl (C=O) groups excluding carboxylic acids is 2. The molecule has 27 heavy (non-hydrogen) atoms. The summed E-state index contributed by atoms with van der Waals surface area (Å²) in [6, 6.07) is 4.01. The summed E-state index contributed by atoms with van der Waals surface area (Å²) in [5.41, 5.74) is 1.21. The third kappa shape index (κ3) is 6.16. The standard InChI is InChI=1S/C18H22Cl2N4O2S/c1-23(10-12-9-21-24(2)11-12)18(26)16(6-7-27-3)22-17(25)14-5-4-13(19)8-15(14)20/h4-5,8-9,11,16H,6-7,10H2,1-3H3,(H,22,25). The van der Waals surface area contributed by atoms with Crippen LogP contribution in [0.5, 0.6) is 0 Å². The number of likely N-dealkylation sites (N-methyl/N-ethyl adjacent to an activating group) is 1. The van der Waals surface area contributed by atoms with Gasteiger partial charge in [0.2, 0.25) is 5.91 Å². The van der Waals surface area contributed by atoms with Crippen molar-refractivity contribution in [1.82, 2.24) is 20.0 Å². The Balaban J connectivity index is 2.10. The monoisotopic (exact) mass is 428 g/mol. The number of amides is 2. The zero-order valence-electron chi connectivity index (χ0n) is 15.4. The molecule has 9 heteroatoms. The molecule has 1 atom stereocenters. The van der Waals surface area contributed by atoms with Crippen LogP contribution in [0.4, 0.5) is 0 Å². The zero-order chi connectivity index (χ0) is 20.0. The van der Waals surface area contributed by atoms with Crippen LogP contribution in [-0.4, -0.2) is 51.6 Å². The Hall–Kier alpha value is -1.70. The first-order valence-corrected chi connectivity index (χ1v) is 10.4. The van der Waals surface area contributed by atoms with Crippen molar-refractivity contribution in [2.24, 2.45) is 7.05 Å². The third-order valence-electron chi connectivity index (χ3n) is 3.94. The van der Waals surface area contributed by atoms with Crippen molar-refractivity contribution in [2.75, 3.05) is 19.1 Å². The highest BCUT2D eigenvalue weighted by Crippen LogP contribution is 2.21. The molecule has 2 rings (SSSR count). The van der Waals surface area contributed by atoms with Crippen LogP contribution in [0.15, 0.2) is 30.6 Å². The number of carbonyl (C=O) groups is 2. The number of nitrogens with one attached hydrogen (secondary N) is 1. The van der Waals surface area contributed by atoms with E-state index in [-0.39, 0.29) is 16.5 Å². The van der Waals surface area contributed by atoms with E-state index in [1.807, 2.05) is 19.5 Å². The summed E-state index contributed by atoms with van der Waals surface area (Å²) < 4.78 is 1.68. The van der Waals surface area contributed by atoms with Gasteiger partial charge in [-0.3, -0.25) is 14.3 Å². The quantitative estimate of drug-likeness (QED) is 0.700. The largest absolute Gasteiger partial charge is 0.340 e. The van der Waals surface area contributed by atoms with Gasteiger partial charge in [-0.15, -0.1) is 0 Å². The molecule has 0 saturated carbocycles. The molecule has 0 spiro atoms. The minimum absolute atomic E-state index is 0.161. The Morgan fingerprint density at radius 3 is 2.70 bits per heavy atom. The summed E-state index contributed by atoms with van der Waals surface area (Å²) >= 11 is 13.6. The highest BCUT2D eigenvalue weighted by molar-refractivity contribution is 7.98. The van der Waals surface area contributed by atoms with E-state index in [4.69, 9.17) is 23.2 Å². The average molecular weight is 429 g/mol. The van der Waals surface area contributed by atoms with Gasteiger partial charge in [0.25, 0.3) is 5.91 Å². The van der Waals surface area contributed by atoms with E-state index < -0.39 is 11.9 Å². The smallest absolute Gasteiger partial charge is 0.253 e. The minimum atomic E-state index is -0.640. The molecule has 1 aromatic heterocycles. The van der Waals surface area contributed by atoms with E-state index in [9.17, 15) is 9.59 Å². The van der Waals surface area contributed by atoms with E-state index in [1.54, 1.807) is 46.7 Å². The fourth-order valence-electron chi connectivity index (χ4n) is 2.57. The van der Waals surface area contributed by atoms with Crippen molar-refractivity contribution >= 4 is 46.8 Å². The van der Waals surface area contributed by atoms with Crippen LogP contribution >= 0.6 is 35.0 Å². The van der Waals surface area contributed by atoms with Crippen LogP contribution in [0.3, 0.4) is 0 Å². The summed E-state index contributed by atoms with van der Waals surface area (Å²) in [5.74, 6) is 0.184. The zero-order valence-corrected chi connectivity index (χ0v) is 17.7. The van der Waals surface area contributed by atoms with Crippen LogP contribution in [0, 0.1) is 0 Å². The van der Waals surface area contributed by atoms with Gasteiger partial charge in [-0.1, -0.05) is 23.2 Å². The van der Waals surface area contributed by atoms with Gasteiger partial charge in [0.15, 0.2) is 0 Å². The van der Waals surface area contributed by atoms with Gasteiger partial charge < -0.3 is 10.2 Å². The van der Waals surface area contributed by atoms with Gasteiger partial charge in [-0.05, 0) is 36.6 Å². The number of aryl methyl sites for hydroxylation is 1. The highest BCUT2D eigenvalue weighted by atomic mass is 35.5. The minimum Gasteiger partial charge on any atom is -0.340 e. The number of thioether (sulfide) groups is 1. The Morgan fingerprint density at radius 1 is 1.37 bits per heavy atom. The fraction of sp³-hybridized carbons (Fsp3) is 0.389. The van der Waals surface area contributed by atoms with Gasteiger partial charge >= 0.3 is 0 Å². The van der Waals surface area contributed by atoms with Gasteiger partial charge in [-0.25, -0.2) is 0 Å². The van der Waals surface area contributed by atoms with Gasteiger partial charge in [-0.2, -0.15) is 16.9 Å². The molecule has 0 fully saturated rings. The highest BCUT2D eigenvalue weighted by Gasteiger charge is 2.25. The molecule has 0 aliphatic carbocycles. The van der Waals surface area contributed by atoms with Crippen LogP contribution < -0.4 is 5.32 Å². The molecular formula is C18H22Cl2N4O2S. The fourth-order valence-corrected chi connectivity index (χ4v) is 3.54. The SMILES string of the molecule is CSCCC(NC(=O)c1ccc(Cl)cc1Cl)C(=O)N(C)Cc1cnn(C)c1. The summed E-state index contributed by atoms with van der Waals surface area (Å²) in [6.45, 7) is 0.417. The second kappa shape index (κ2) is 10.0. The van der Waals surface area contributed by atoms with Crippen molar-refractivity contribution in [3.05, 3.63) is 51.8 Å². The molecule has 6 nitrogen and oxygen atoms in total. The second-order valence-corrected chi connectivity index (χ2v) is 7.98. The lowest BCUT2D eigenvalue weighted by atomic mass is 10.1. The van der Waals surface area contributed by atoms with Crippen LogP contribution in [0.1, 0.15) is 22.3 Å². The van der Waals surface area contributed by atoms with E-state index in [1.165, 1.54) is 6.07 Å². The molecule has 0 radical (unpaired) electrons. The number of hydrogen-bond donors (Lipinski definition) is 1. The molecule has 0 bridgehead atoms. The number of nitrogens with zero attached hydrogens (tertiary/aromatic N) is 3. The lowest BCUT2D eigenvalue weighted by molar-refractivity contribution is -0.132. The third-order valence-corrected chi connectivity index (χ3v) is 5.14. The number of benzene rings is 1. The van der Waals surface area contributed by atoms with Crippen LogP contribution in [0.25, 0.3) is 0 Å². The normalized spacial score (nSPS) is 11.9. The molecule has 0 aliphatic heterocycles. The summed E-state index contributed by atoms with van der Waals surface area (Å²) in [4.78, 5) is 27.1. The number of rotatable bonds is 8. The van der Waals surface area contributed by atoms with E-state index in [2.05, 4.69) is 10.4 Å². The first kappa shape index (κ1) is 21.6. The van der Waals surface area contributed by atoms with Crippen LogP contribution in [-0.2, 0) is 18.4 Å². The van der Waals surface area contributed by atoms with Crippen LogP contribution in [0.2, 0.25) is 10.0 Å². The van der Waals surface area contributed by atoms with Crippen molar-refractivity contribution in [3.8, 4) is 0 Å². The topological polar surface area (TPSA) is 67.2 Å². The predicted molar refractivity (Wildman–Crippen MR) is 110 cm³/mol. The summed E-state index contributed by atoms with van der Waals surface area (Å²) in [7, 11) is 3.53. The Bertz CT molecular complexity index is 812.